The zero-order chi connectivity index (χ0) is 17.8. The van der Waals surface area contributed by atoms with E-state index in [1.807, 2.05) is 6.07 Å². The summed E-state index contributed by atoms with van der Waals surface area (Å²) in [7, 11) is 0. The molecule has 0 aliphatic heterocycles. The first-order valence-electron chi connectivity index (χ1n) is 8.23. The Bertz CT molecular complexity index is 779. The topological polar surface area (TPSA) is 72.5 Å². The van der Waals surface area contributed by atoms with Crippen molar-refractivity contribution in [2.75, 3.05) is 6.61 Å². The molecule has 1 atom stereocenters. The minimum absolute atomic E-state index is 0.441. The molecule has 25 heavy (non-hydrogen) atoms. The van der Waals surface area contributed by atoms with Crippen LogP contribution in [0.3, 0.4) is 0 Å². The number of nitrogens with one attached hydrogen (secondary N) is 1. The van der Waals surface area contributed by atoms with Gasteiger partial charge in [-0.2, -0.15) is 0 Å². The van der Waals surface area contributed by atoms with Crippen LogP contribution in [0.15, 0.2) is 23.6 Å². The highest BCUT2D eigenvalue weighted by molar-refractivity contribution is 7.14. The summed E-state index contributed by atoms with van der Waals surface area (Å²) in [4.78, 5) is 37.9. The van der Waals surface area contributed by atoms with Gasteiger partial charge in [-0.3, -0.25) is 14.9 Å². The molecule has 0 unspecified atom stereocenters. The number of esters is 1. The van der Waals surface area contributed by atoms with Gasteiger partial charge in [0.2, 0.25) is 0 Å². The molecule has 0 saturated carbocycles. The van der Waals surface area contributed by atoms with Gasteiger partial charge in [0.1, 0.15) is 4.88 Å². The summed E-state index contributed by atoms with van der Waals surface area (Å²) >= 11 is 2.69. The predicted octanol–water partition coefficient (Wildman–Crippen LogP) is 3.44. The fourth-order valence-electron chi connectivity index (χ4n) is 2.88. The first kappa shape index (κ1) is 17.8. The first-order valence-corrected chi connectivity index (χ1v) is 9.92. The molecular weight excluding hydrogens is 358 g/mol. The quantitative estimate of drug-likeness (QED) is 0.810. The van der Waals surface area contributed by atoms with Gasteiger partial charge in [0.05, 0.1) is 4.88 Å². The zero-order valence-corrected chi connectivity index (χ0v) is 15.5. The van der Waals surface area contributed by atoms with Crippen LogP contribution >= 0.6 is 22.7 Å². The van der Waals surface area contributed by atoms with Crippen molar-refractivity contribution in [2.24, 2.45) is 5.92 Å². The van der Waals surface area contributed by atoms with Gasteiger partial charge in [0.25, 0.3) is 11.8 Å². The number of aryl methyl sites for hydroxylation is 1. The standard InChI is InChI=1S/C18H19NO4S2/c1-2-11-5-6-13-12(8-11)9-15(25-13)18(22)23-10-16(20)19-17(21)14-4-3-7-24-14/h3-4,7,9,11H,2,5-6,8,10H2,1H3,(H,19,20,21)/t11-/m1/s1. The van der Waals surface area contributed by atoms with E-state index in [0.29, 0.717) is 15.7 Å². The van der Waals surface area contributed by atoms with Crippen molar-refractivity contribution in [3.05, 3.63) is 43.8 Å². The lowest BCUT2D eigenvalue weighted by Crippen LogP contribution is -2.33. The highest BCUT2D eigenvalue weighted by atomic mass is 32.1. The summed E-state index contributed by atoms with van der Waals surface area (Å²) < 4.78 is 5.05. The Morgan fingerprint density at radius 1 is 1.32 bits per heavy atom. The SMILES string of the molecule is CC[C@@H]1CCc2sc(C(=O)OCC(=O)NC(=O)c3cccs3)cc2C1. The normalized spacial score (nSPS) is 16.1. The van der Waals surface area contributed by atoms with Gasteiger partial charge >= 0.3 is 5.97 Å². The second kappa shape index (κ2) is 7.93. The van der Waals surface area contributed by atoms with E-state index in [1.165, 1.54) is 33.1 Å². The molecule has 0 spiro atoms. The molecule has 132 valence electrons. The van der Waals surface area contributed by atoms with Gasteiger partial charge in [-0.25, -0.2) is 4.79 Å². The Kier molecular flexibility index (Phi) is 5.65. The molecule has 2 aromatic heterocycles. The third-order valence-electron chi connectivity index (χ3n) is 4.30. The number of rotatable bonds is 5. The van der Waals surface area contributed by atoms with E-state index in [1.54, 1.807) is 17.5 Å². The number of amides is 2. The molecule has 5 nitrogen and oxygen atoms in total. The second-order valence-electron chi connectivity index (χ2n) is 6.01. The maximum absolute atomic E-state index is 12.2. The largest absolute Gasteiger partial charge is 0.451 e. The van der Waals surface area contributed by atoms with E-state index in [4.69, 9.17) is 4.74 Å². The van der Waals surface area contributed by atoms with Gasteiger partial charge in [-0.15, -0.1) is 22.7 Å². The summed E-state index contributed by atoms with van der Waals surface area (Å²) in [5, 5.41) is 3.96. The molecule has 0 saturated heterocycles. The van der Waals surface area contributed by atoms with Crippen molar-refractivity contribution < 1.29 is 19.1 Å². The van der Waals surface area contributed by atoms with Crippen LogP contribution in [0.25, 0.3) is 0 Å². The predicted molar refractivity (Wildman–Crippen MR) is 97.2 cm³/mol. The van der Waals surface area contributed by atoms with Crippen LogP contribution in [0.4, 0.5) is 0 Å². The van der Waals surface area contributed by atoms with Gasteiger partial charge < -0.3 is 4.74 Å². The number of hydrogen-bond acceptors (Lipinski definition) is 6. The molecule has 2 aromatic rings. The average molecular weight is 377 g/mol. The van der Waals surface area contributed by atoms with Crippen LogP contribution < -0.4 is 5.32 Å². The minimum atomic E-state index is -0.626. The highest BCUT2D eigenvalue weighted by Crippen LogP contribution is 2.33. The van der Waals surface area contributed by atoms with Crippen molar-refractivity contribution >= 4 is 40.5 Å². The smallest absolute Gasteiger partial charge is 0.348 e. The number of hydrogen-bond donors (Lipinski definition) is 1. The highest BCUT2D eigenvalue weighted by Gasteiger charge is 2.23. The van der Waals surface area contributed by atoms with E-state index >= 15 is 0 Å². The van der Waals surface area contributed by atoms with E-state index in [0.717, 1.165) is 25.7 Å². The fourth-order valence-corrected chi connectivity index (χ4v) is 4.60. The lowest BCUT2D eigenvalue weighted by molar-refractivity contribution is -0.123. The van der Waals surface area contributed by atoms with Crippen molar-refractivity contribution in [1.82, 2.24) is 5.32 Å². The monoisotopic (exact) mass is 377 g/mol. The zero-order valence-electron chi connectivity index (χ0n) is 13.9. The molecule has 0 aromatic carbocycles. The summed E-state index contributed by atoms with van der Waals surface area (Å²) in [5.41, 5.74) is 1.23. The van der Waals surface area contributed by atoms with Crippen LogP contribution in [0, 0.1) is 5.92 Å². The maximum Gasteiger partial charge on any atom is 0.348 e. The van der Waals surface area contributed by atoms with Crippen molar-refractivity contribution in [3.8, 4) is 0 Å². The molecule has 0 radical (unpaired) electrons. The molecule has 3 rings (SSSR count). The number of thiophene rings is 2. The van der Waals surface area contributed by atoms with Crippen LogP contribution in [0.2, 0.25) is 0 Å². The van der Waals surface area contributed by atoms with Crippen molar-refractivity contribution in [2.45, 2.75) is 32.6 Å². The van der Waals surface area contributed by atoms with Crippen LogP contribution in [-0.4, -0.2) is 24.4 Å². The van der Waals surface area contributed by atoms with E-state index in [-0.39, 0.29) is 0 Å². The summed E-state index contributed by atoms with van der Waals surface area (Å²) in [5.74, 6) is -0.932. The van der Waals surface area contributed by atoms with Gasteiger partial charge in [0.15, 0.2) is 6.61 Å². The minimum Gasteiger partial charge on any atom is -0.451 e. The van der Waals surface area contributed by atoms with Crippen LogP contribution in [-0.2, 0) is 22.4 Å². The average Bonchev–Trinajstić information content (AvgIpc) is 3.28. The lowest BCUT2D eigenvalue weighted by atomic mass is 9.87. The molecule has 7 heteroatoms. The molecule has 0 bridgehead atoms. The van der Waals surface area contributed by atoms with Crippen LogP contribution in [0.5, 0.6) is 0 Å². The fraction of sp³-hybridized carbons (Fsp3) is 0.389. The summed E-state index contributed by atoms with van der Waals surface area (Å²) in [6.07, 6.45) is 4.31. The van der Waals surface area contributed by atoms with Gasteiger partial charge in [0, 0.05) is 4.88 Å². The molecule has 1 N–H and O–H groups in total. The summed E-state index contributed by atoms with van der Waals surface area (Å²) in [6, 6.07) is 5.24. The number of imide groups is 1. The van der Waals surface area contributed by atoms with Crippen molar-refractivity contribution in [1.29, 1.82) is 0 Å². The van der Waals surface area contributed by atoms with Crippen molar-refractivity contribution in [3.63, 3.8) is 0 Å². The Morgan fingerprint density at radius 2 is 2.16 bits per heavy atom. The Morgan fingerprint density at radius 3 is 2.88 bits per heavy atom. The third-order valence-corrected chi connectivity index (χ3v) is 6.38. The Balaban J connectivity index is 1.52. The molecule has 0 fully saturated rings. The van der Waals surface area contributed by atoms with E-state index in [2.05, 4.69) is 12.2 Å². The number of carbonyl (C=O) groups is 3. The molecule has 1 aliphatic rings. The third kappa shape index (κ3) is 4.35. The second-order valence-corrected chi connectivity index (χ2v) is 8.09. The first-order chi connectivity index (χ1) is 12.1. The lowest BCUT2D eigenvalue weighted by Gasteiger charge is -2.19. The number of ether oxygens (including phenoxy) is 1. The Labute approximate surface area is 154 Å². The van der Waals surface area contributed by atoms with Gasteiger partial charge in [-0.05, 0) is 48.3 Å². The molecular formula is C18H19NO4S2. The molecule has 1 aliphatic carbocycles. The summed E-state index contributed by atoms with van der Waals surface area (Å²) in [6.45, 7) is 1.73. The van der Waals surface area contributed by atoms with Gasteiger partial charge in [-0.1, -0.05) is 19.4 Å². The number of fused-ring (bicyclic) bond motifs is 1. The maximum atomic E-state index is 12.2. The molecule has 2 amide bonds. The molecule has 2 heterocycles. The van der Waals surface area contributed by atoms with Crippen LogP contribution in [0.1, 0.15) is 49.5 Å². The Hall–Kier alpha value is -1.99. The van der Waals surface area contributed by atoms with E-state index < -0.39 is 24.4 Å². The van der Waals surface area contributed by atoms with E-state index in [9.17, 15) is 14.4 Å². The number of carbonyl (C=O) groups excluding carboxylic acids is 3.